The lowest BCUT2D eigenvalue weighted by Gasteiger charge is -2.43. The molecule has 2 bridgehead atoms. The van der Waals surface area contributed by atoms with Gasteiger partial charge in [-0.2, -0.15) is 4.98 Å². The maximum absolute atomic E-state index is 12.6. The number of rotatable bonds is 4. The third kappa shape index (κ3) is 4.45. The maximum Gasteiger partial charge on any atom is 0.246 e. The summed E-state index contributed by atoms with van der Waals surface area (Å²) in [6.45, 7) is 0.240. The van der Waals surface area contributed by atoms with Crippen LogP contribution in [-0.4, -0.2) is 22.1 Å². The predicted molar refractivity (Wildman–Crippen MR) is 105 cm³/mol. The third-order valence-corrected chi connectivity index (χ3v) is 5.98. The first kappa shape index (κ1) is 20.1. The minimum atomic E-state index is 0. The Labute approximate surface area is 169 Å². The highest BCUT2D eigenvalue weighted by molar-refractivity contribution is 6.30. The van der Waals surface area contributed by atoms with Crippen LogP contribution in [0.25, 0.3) is 11.4 Å². The zero-order chi connectivity index (χ0) is 18.1. The summed E-state index contributed by atoms with van der Waals surface area (Å²) in [5.74, 6) is 1.93. The van der Waals surface area contributed by atoms with E-state index in [1.807, 2.05) is 12.1 Å². The molecule has 1 aromatic heterocycles. The SMILES string of the molecule is Cl.NC1C2CCCC1CC(C(=O)NCc1nc(-c3cccc(Cl)c3)no1)C2. The summed E-state index contributed by atoms with van der Waals surface area (Å²) in [5, 5.41) is 7.52. The molecular formula is C19H24Cl2N4O2. The number of carbonyl (C=O) groups is 1. The standard InChI is InChI=1S/C19H23ClN4O2.ClH/c20-15-6-2-5-13(9-15)18-23-16(26-24-18)10-22-19(25)14-7-11-3-1-4-12(8-14)17(11)21;/h2,5-6,9,11-12,14,17H,1,3-4,7-8,10,21H2,(H,22,25);1H. The molecule has 2 aliphatic rings. The molecule has 146 valence electrons. The summed E-state index contributed by atoms with van der Waals surface area (Å²) in [6, 6.07) is 7.53. The van der Waals surface area contributed by atoms with Crippen molar-refractivity contribution < 1.29 is 9.32 Å². The number of hydrogen-bond acceptors (Lipinski definition) is 5. The van der Waals surface area contributed by atoms with Gasteiger partial charge in [-0.05, 0) is 49.7 Å². The van der Waals surface area contributed by atoms with Gasteiger partial charge in [-0.15, -0.1) is 12.4 Å². The number of nitrogens with zero attached hydrogens (tertiary/aromatic N) is 2. The highest BCUT2D eigenvalue weighted by atomic mass is 35.5. The van der Waals surface area contributed by atoms with Gasteiger partial charge in [-0.3, -0.25) is 4.79 Å². The Kier molecular flexibility index (Phi) is 6.40. The molecular weight excluding hydrogens is 387 g/mol. The molecule has 1 amide bonds. The van der Waals surface area contributed by atoms with E-state index in [9.17, 15) is 4.79 Å². The Bertz CT molecular complexity index is 784. The molecule has 6 nitrogen and oxygen atoms in total. The second kappa shape index (κ2) is 8.59. The molecule has 2 aliphatic carbocycles. The molecule has 2 unspecified atom stereocenters. The first-order valence-electron chi connectivity index (χ1n) is 9.22. The largest absolute Gasteiger partial charge is 0.347 e. The molecule has 2 aromatic rings. The van der Waals surface area contributed by atoms with Crippen LogP contribution in [0.3, 0.4) is 0 Å². The van der Waals surface area contributed by atoms with Crippen LogP contribution in [0.15, 0.2) is 28.8 Å². The molecule has 4 rings (SSSR count). The van der Waals surface area contributed by atoms with Crippen molar-refractivity contribution in [2.75, 3.05) is 0 Å². The van der Waals surface area contributed by atoms with Crippen LogP contribution in [0.5, 0.6) is 0 Å². The predicted octanol–water partition coefficient (Wildman–Crippen LogP) is 3.58. The van der Waals surface area contributed by atoms with Crippen molar-refractivity contribution >= 4 is 29.9 Å². The molecule has 8 heteroatoms. The van der Waals surface area contributed by atoms with E-state index in [0.29, 0.717) is 28.6 Å². The highest BCUT2D eigenvalue weighted by Gasteiger charge is 2.40. The van der Waals surface area contributed by atoms with Crippen molar-refractivity contribution in [3.63, 3.8) is 0 Å². The van der Waals surface area contributed by atoms with E-state index in [1.54, 1.807) is 12.1 Å². The quantitative estimate of drug-likeness (QED) is 0.802. The number of amides is 1. The Morgan fingerprint density at radius 3 is 2.74 bits per heavy atom. The molecule has 0 saturated heterocycles. The molecule has 27 heavy (non-hydrogen) atoms. The Morgan fingerprint density at radius 1 is 1.30 bits per heavy atom. The molecule has 2 atom stereocenters. The Hall–Kier alpha value is -1.63. The van der Waals surface area contributed by atoms with Crippen LogP contribution in [0.1, 0.15) is 38.0 Å². The van der Waals surface area contributed by atoms with E-state index < -0.39 is 0 Å². The maximum atomic E-state index is 12.6. The van der Waals surface area contributed by atoms with Crippen LogP contribution in [0.2, 0.25) is 5.02 Å². The van der Waals surface area contributed by atoms with Gasteiger partial charge in [0.25, 0.3) is 0 Å². The van der Waals surface area contributed by atoms with Crippen molar-refractivity contribution in [1.82, 2.24) is 15.5 Å². The summed E-state index contributed by atoms with van der Waals surface area (Å²) in [6.07, 6.45) is 5.32. The first-order valence-corrected chi connectivity index (χ1v) is 9.60. The molecule has 1 aromatic carbocycles. The van der Waals surface area contributed by atoms with Crippen molar-refractivity contribution in [2.45, 2.75) is 44.7 Å². The number of carbonyl (C=O) groups excluding carboxylic acids is 1. The number of hydrogen-bond donors (Lipinski definition) is 2. The van der Waals surface area contributed by atoms with E-state index in [2.05, 4.69) is 15.5 Å². The molecule has 2 saturated carbocycles. The van der Waals surface area contributed by atoms with Gasteiger partial charge in [0, 0.05) is 22.5 Å². The number of aromatic nitrogens is 2. The fourth-order valence-electron chi connectivity index (χ4n) is 4.38. The van der Waals surface area contributed by atoms with Crippen LogP contribution in [0.4, 0.5) is 0 Å². The summed E-state index contributed by atoms with van der Waals surface area (Å²) in [7, 11) is 0. The Balaban J connectivity index is 0.00000210. The van der Waals surface area contributed by atoms with Gasteiger partial charge in [0.1, 0.15) is 0 Å². The van der Waals surface area contributed by atoms with Crippen LogP contribution in [0, 0.1) is 17.8 Å². The van der Waals surface area contributed by atoms with E-state index >= 15 is 0 Å². The van der Waals surface area contributed by atoms with Gasteiger partial charge in [0.2, 0.25) is 17.6 Å². The van der Waals surface area contributed by atoms with Gasteiger partial charge >= 0.3 is 0 Å². The molecule has 3 N–H and O–H groups in total. The monoisotopic (exact) mass is 410 g/mol. The lowest BCUT2D eigenvalue weighted by molar-refractivity contribution is -0.128. The first-order chi connectivity index (χ1) is 12.6. The molecule has 0 aliphatic heterocycles. The number of fused-ring (bicyclic) bond motifs is 2. The van der Waals surface area contributed by atoms with Gasteiger partial charge in [0.05, 0.1) is 6.54 Å². The number of benzene rings is 1. The number of halogens is 2. The number of nitrogens with one attached hydrogen (secondary N) is 1. The molecule has 0 radical (unpaired) electrons. The minimum Gasteiger partial charge on any atom is -0.347 e. The fraction of sp³-hybridized carbons (Fsp3) is 0.526. The van der Waals surface area contributed by atoms with Crippen molar-refractivity contribution in [2.24, 2.45) is 23.5 Å². The van der Waals surface area contributed by atoms with Gasteiger partial charge in [-0.1, -0.05) is 35.3 Å². The minimum absolute atomic E-state index is 0. The van der Waals surface area contributed by atoms with Crippen LogP contribution >= 0.6 is 24.0 Å². The van der Waals surface area contributed by atoms with E-state index in [1.165, 1.54) is 6.42 Å². The molecule has 0 spiro atoms. The van der Waals surface area contributed by atoms with E-state index in [4.69, 9.17) is 21.9 Å². The van der Waals surface area contributed by atoms with Crippen molar-refractivity contribution in [1.29, 1.82) is 0 Å². The summed E-state index contributed by atoms with van der Waals surface area (Å²) in [5.41, 5.74) is 7.09. The fourth-order valence-corrected chi connectivity index (χ4v) is 4.57. The zero-order valence-electron chi connectivity index (χ0n) is 14.9. The Morgan fingerprint density at radius 2 is 2.04 bits per heavy atom. The summed E-state index contributed by atoms with van der Waals surface area (Å²) in [4.78, 5) is 16.9. The normalized spacial score (nSPS) is 26.9. The van der Waals surface area contributed by atoms with Gasteiger partial charge < -0.3 is 15.6 Å². The topological polar surface area (TPSA) is 94.0 Å². The average Bonchev–Trinajstić information content (AvgIpc) is 3.08. The summed E-state index contributed by atoms with van der Waals surface area (Å²) < 4.78 is 5.25. The second-order valence-electron chi connectivity index (χ2n) is 7.44. The third-order valence-electron chi connectivity index (χ3n) is 5.75. The molecule has 2 fully saturated rings. The molecule has 1 heterocycles. The highest BCUT2D eigenvalue weighted by Crippen LogP contribution is 2.41. The van der Waals surface area contributed by atoms with Gasteiger partial charge in [-0.25, -0.2) is 0 Å². The van der Waals surface area contributed by atoms with Gasteiger partial charge in [0.15, 0.2) is 0 Å². The lowest BCUT2D eigenvalue weighted by atomic mass is 9.65. The van der Waals surface area contributed by atoms with E-state index in [-0.39, 0.29) is 36.8 Å². The smallest absolute Gasteiger partial charge is 0.246 e. The van der Waals surface area contributed by atoms with Crippen molar-refractivity contribution in [3.8, 4) is 11.4 Å². The average molecular weight is 411 g/mol. The second-order valence-corrected chi connectivity index (χ2v) is 7.87. The van der Waals surface area contributed by atoms with Crippen LogP contribution < -0.4 is 11.1 Å². The zero-order valence-corrected chi connectivity index (χ0v) is 16.5. The lowest BCUT2D eigenvalue weighted by Crippen LogP contribution is -2.49. The van der Waals surface area contributed by atoms with Crippen molar-refractivity contribution in [3.05, 3.63) is 35.2 Å². The van der Waals surface area contributed by atoms with E-state index in [0.717, 1.165) is 31.2 Å². The number of nitrogens with two attached hydrogens (primary N) is 1. The van der Waals surface area contributed by atoms with Crippen LogP contribution in [-0.2, 0) is 11.3 Å². The summed E-state index contributed by atoms with van der Waals surface area (Å²) >= 11 is 5.99.